The van der Waals surface area contributed by atoms with Gasteiger partial charge in [-0.05, 0) is 18.2 Å². The van der Waals surface area contributed by atoms with E-state index < -0.39 is 34.9 Å². The third kappa shape index (κ3) is 4.03. The Labute approximate surface area is 155 Å². The number of rotatable bonds is 5. The van der Waals surface area contributed by atoms with Gasteiger partial charge < -0.3 is 10.1 Å². The number of carbonyl (C=O) groups is 1. The summed E-state index contributed by atoms with van der Waals surface area (Å²) >= 11 is 5.94. The van der Waals surface area contributed by atoms with E-state index in [1.807, 2.05) is 0 Å². The summed E-state index contributed by atoms with van der Waals surface area (Å²) in [5.41, 5.74) is -1.49. The van der Waals surface area contributed by atoms with Crippen LogP contribution < -0.4 is 10.1 Å². The number of hydrogen-bond acceptors (Lipinski definition) is 3. The first-order valence-corrected chi connectivity index (χ1v) is 7.79. The van der Waals surface area contributed by atoms with Crippen molar-refractivity contribution in [3.05, 3.63) is 76.6 Å². The van der Waals surface area contributed by atoms with Crippen LogP contribution in [0.1, 0.15) is 10.5 Å². The Morgan fingerprint density at radius 2 is 1.78 bits per heavy atom. The van der Waals surface area contributed by atoms with E-state index in [1.165, 1.54) is 16.9 Å². The second kappa shape index (κ2) is 7.67. The molecule has 0 fully saturated rings. The van der Waals surface area contributed by atoms with E-state index in [0.717, 1.165) is 0 Å². The first kappa shape index (κ1) is 18.7. The van der Waals surface area contributed by atoms with Gasteiger partial charge in [0.1, 0.15) is 11.4 Å². The molecule has 3 rings (SSSR count). The first-order valence-electron chi connectivity index (χ1n) is 7.42. The summed E-state index contributed by atoms with van der Waals surface area (Å²) in [6.07, 6.45) is 1.37. The lowest BCUT2D eigenvalue weighted by Gasteiger charge is -2.08. The molecule has 2 aromatic carbocycles. The quantitative estimate of drug-likeness (QED) is 0.511. The molecule has 1 amide bonds. The van der Waals surface area contributed by atoms with Crippen molar-refractivity contribution in [2.75, 3.05) is 5.32 Å². The number of benzene rings is 2. The van der Waals surface area contributed by atoms with Gasteiger partial charge in [-0.1, -0.05) is 23.7 Å². The lowest BCUT2D eigenvalue weighted by Crippen LogP contribution is -2.17. The Morgan fingerprint density at radius 1 is 1.11 bits per heavy atom. The predicted molar refractivity (Wildman–Crippen MR) is 88.5 cm³/mol. The van der Waals surface area contributed by atoms with Crippen molar-refractivity contribution in [2.24, 2.45) is 0 Å². The highest BCUT2D eigenvalue weighted by Gasteiger charge is 2.22. The van der Waals surface area contributed by atoms with Crippen molar-refractivity contribution >= 4 is 23.2 Å². The average Bonchev–Trinajstić information content (AvgIpc) is 3.12. The summed E-state index contributed by atoms with van der Waals surface area (Å²) in [5.74, 6) is -7.38. The number of anilines is 1. The van der Waals surface area contributed by atoms with E-state index in [0.29, 0.717) is 10.8 Å². The maximum Gasteiger partial charge on any atom is 0.276 e. The number of carbonyl (C=O) groups excluding carboxylic acids is 1. The molecule has 0 aliphatic carbocycles. The van der Waals surface area contributed by atoms with Crippen LogP contribution in [0.2, 0.25) is 5.02 Å². The van der Waals surface area contributed by atoms with Gasteiger partial charge in [-0.15, -0.1) is 0 Å². The van der Waals surface area contributed by atoms with Crippen LogP contribution in [0.15, 0.2) is 42.6 Å². The predicted octanol–water partition coefficient (Wildman–Crippen LogP) is 4.38. The number of aromatic nitrogens is 2. The van der Waals surface area contributed by atoms with Crippen LogP contribution in [0.3, 0.4) is 0 Å². The third-order valence-electron chi connectivity index (χ3n) is 3.41. The zero-order chi connectivity index (χ0) is 19.6. The maximum atomic E-state index is 13.6. The summed E-state index contributed by atoms with van der Waals surface area (Å²) in [6.45, 7) is -0.103. The molecule has 0 saturated carbocycles. The van der Waals surface area contributed by atoms with Crippen LogP contribution in [0.25, 0.3) is 0 Å². The molecule has 0 bridgehead atoms. The van der Waals surface area contributed by atoms with Crippen molar-refractivity contribution in [3.8, 4) is 5.75 Å². The molecule has 1 heterocycles. The van der Waals surface area contributed by atoms with E-state index in [-0.39, 0.29) is 18.5 Å². The summed E-state index contributed by atoms with van der Waals surface area (Å²) in [5, 5.41) is 6.00. The number of para-hydroxylation sites is 1. The van der Waals surface area contributed by atoms with Crippen molar-refractivity contribution in [1.29, 1.82) is 0 Å². The number of nitrogens with one attached hydrogen (secondary N) is 1. The molecule has 0 aliphatic rings. The number of amides is 1. The molecule has 1 aromatic heterocycles. The van der Waals surface area contributed by atoms with Gasteiger partial charge in [0, 0.05) is 12.3 Å². The van der Waals surface area contributed by atoms with E-state index in [4.69, 9.17) is 16.3 Å². The van der Waals surface area contributed by atoms with Crippen LogP contribution in [0.4, 0.5) is 23.2 Å². The van der Waals surface area contributed by atoms with Gasteiger partial charge in [-0.3, -0.25) is 4.79 Å². The second-order valence-corrected chi connectivity index (χ2v) is 5.65. The fourth-order valence-corrected chi connectivity index (χ4v) is 2.30. The summed E-state index contributed by atoms with van der Waals surface area (Å²) < 4.78 is 60.3. The number of ether oxygens (including phenoxy) is 1. The fourth-order valence-electron chi connectivity index (χ4n) is 2.11. The molecule has 0 atom stereocenters. The Kier molecular flexibility index (Phi) is 5.31. The van der Waals surface area contributed by atoms with Gasteiger partial charge >= 0.3 is 0 Å². The second-order valence-electron chi connectivity index (χ2n) is 5.24. The molecule has 3 aromatic rings. The summed E-state index contributed by atoms with van der Waals surface area (Å²) in [4.78, 5) is 12.1. The fraction of sp³-hybridized carbons (Fsp3) is 0.0588. The number of hydrogen-bond donors (Lipinski definition) is 1. The Bertz CT molecular complexity index is 984. The normalized spacial score (nSPS) is 10.7. The minimum Gasteiger partial charge on any atom is -0.470 e. The van der Waals surface area contributed by atoms with Crippen LogP contribution in [-0.4, -0.2) is 15.7 Å². The van der Waals surface area contributed by atoms with Crippen LogP contribution in [0.5, 0.6) is 5.75 Å². The summed E-state index contributed by atoms with van der Waals surface area (Å²) in [7, 11) is 0. The number of halogens is 5. The zero-order valence-electron chi connectivity index (χ0n) is 13.3. The molecule has 0 aliphatic heterocycles. The highest BCUT2D eigenvalue weighted by molar-refractivity contribution is 6.32. The average molecular weight is 400 g/mol. The number of nitrogens with zero attached hydrogens (tertiary/aromatic N) is 2. The highest BCUT2D eigenvalue weighted by atomic mass is 35.5. The molecule has 140 valence electrons. The Morgan fingerprint density at radius 3 is 2.44 bits per heavy atom. The zero-order valence-corrected chi connectivity index (χ0v) is 14.1. The molecule has 0 unspecified atom stereocenters. The van der Waals surface area contributed by atoms with Gasteiger partial charge in [-0.25, -0.2) is 22.2 Å². The lowest BCUT2D eigenvalue weighted by atomic mass is 10.2. The standard InChI is InChI=1S/C17H10ClF4N3O2/c18-9-3-1-2-4-13(9)27-8-25-6-5-12(24-25)17(26)23-16-14(21)10(19)7-11(20)15(16)22/h1-7H,8H2,(H,23,26). The SMILES string of the molecule is O=C(Nc1c(F)c(F)cc(F)c1F)c1ccn(COc2ccccc2Cl)n1. The molecule has 27 heavy (non-hydrogen) atoms. The van der Waals surface area contributed by atoms with Crippen molar-refractivity contribution < 1.29 is 27.1 Å². The van der Waals surface area contributed by atoms with E-state index in [2.05, 4.69) is 5.10 Å². The Balaban J connectivity index is 1.72. The molecule has 0 saturated heterocycles. The molecular formula is C17H10ClF4N3O2. The smallest absolute Gasteiger partial charge is 0.276 e. The molecule has 0 radical (unpaired) electrons. The summed E-state index contributed by atoms with van der Waals surface area (Å²) in [6, 6.07) is 7.96. The van der Waals surface area contributed by atoms with Gasteiger partial charge in [0.2, 0.25) is 0 Å². The molecular weight excluding hydrogens is 390 g/mol. The van der Waals surface area contributed by atoms with Crippen LogP contribution >= 0.6 is 11.6 Å². The van der Waals surface area contributed by atoms with Crippen molar-refractivity contribution in [3.63, 3.8) is 0 Å². The van der Waals surface area contributed by atoms with E-state index in [1.54, 1.807) is 29.6 Å². The van der Waals surface area contributed by atoms with E-state index >= 15 is 0 Å². The minimum atomic E-state index is -1.72. The van der Waals surface area contributed by atoms with Crippen LogP contribution in [0, 0.1) is 23.3 Å². The van der Waals surface area contributed by atoms with Crippen molar-refractivity contribution in [1.82, 2.24) is 9.78 Å². The molecule has 1 N–H and O–H groups in total. The maximum absolute atomic E-state index is 13.6. The monoisotopic (exact) mass is 399 g/mol. The van der Waals surface area contributed by atoms with E-state index in [9.17, 15) is 22.4 Å². The Hall–Kier alpha value is -3.07. The minimum absolute atomic E-state index is 0.0428. The van der Waals surface area contributed by atoms with Crippen molar-refractivity contribution in [2.45, 2.75) is 6.73 Å². The lowest BCUT2D eigenvalue weighted by molar-refractivity contribution is 0.101. The molecule has 5 nitrogen and oxygen atoms in total. The molecule has 0 spiro atoms. The highest BCUT2D eigenvalue weighted by Crippen LogP contribution is 2.25. The van der Waals surface area contributed by atoms with Gasteiger partial charge in [0.15, 0.2) is 35.7 Å². The van der Waals surface area contributed by atoms with Gasteiger partial charge in [0.05, 0.1) is 5.02 Å². The van der Waals surface area contributed by atoms with Gasteiger partial charge in [-0.2, -0.15) is 5.10 Å². The molecule has 10 heteroatoms. The van der Waals surface area contributed by atoms with Crippen LogP contribution in [-0.2, 0) is 6.73 Å². The largest absolute Gasteiger partial charge is 0.470 e. The third-order valence-corrected chi connectivity index (χ3v) is 3.72. The first-order chi connectivity index (χ1) is 12.9. The van der Waals surface area contributed by atoms with Gasteiger partial charge in [0.25, 0.3) is 5.91 Å². The topological polar surface area (TPSA) is 56.2 Å².